The molecule has 3 heteroatoms. The summed E-state index contributed by atoms with van der Waals surface area (Å²) in [4.78, 5) is 0. The first-order valence-corrected chi connectivity index (χ1v) is 4.87. The molecule has 0 saturated heterocycles. The molecule has 1 aromatic rings. The van der Waals surface area contributed by atoms with Crippen molar-refractivity contribution < 1.29 is 9.67 Å². The molecule has 1 atom stereocenters. The van der Waals surface area contributed by atoms with Gasteiger partial charge in [0.2, 0.25) is 6.33 Å². The molecule has 0 amide bonds. The van der Waals surface area contributed by atoms with Crippen molar-refractivity contribution in [1.82, 2.24) is 4.57 Å². The van der Waals surface area contributed by atoms with Crippen molar-refractivity contribution in [3.8, 4) is 0 Å². The maximum absolute atomic E-state index is 9.04. The number of aryl methyl sites for hydroxylation is 2. The average Bonchev–Trinajstić information content (AvgIpc) is 2.45. The zero-order valence-electron chi connectivity index (χ0n) is 8.48. The second kappa shape index (κ2) is 5.02. The quantitative estimate of drug-likeness (QED) is 0.532. The summed E-state index contributed by atoms with van der Waals surface area (Å²) >= 11 is 0. The van der Waals surface area contributed by atoms with Crippen molar-refractivity contribution in [1.29, 1.82) is 0 Å². The smallest absolute Gasteiger partial charge is 0.243 e. The van der Waals surface area contributed by atoms with Crippen LogP contribution in [0.15, 0.2) is 18.7 Å². The van der Waals surface area contributed by atoms with Crippen LogP contribution in [0, 0.1) is 0 Å². The number of nitrogens with zero attached hydrogens (tertiary/aromatic N) is 2. The van der Waals surface area contributed by atoms with Gasteiger partial charge in [-0.1, -0.05) is 0 Å². The molecule has 1 heterocycles. The van der Waals surface area contributed by atoms with Crippen LogP contribution in [0.2, 0.25) is 0 Å². The first-order valence-electron chi connectivity index (χ1n) is 4.87. The number of aliphatic hydroxyl groups excluding tert-OH is 1. The third-order valence-corrected chi connectivity index (χ3v) is 2.11. The summed E-state index contributed by atoms with van der Waals surface area (Å²) in [5.74, 6) is 0. The Bertz CT molecular complexity index is 243. The van der Waals surface area contributed by atoms with Gasteiger partial charge in [0.1, 0.15) is 12.4 Å². The van der Waals surface area contributed by atoms with E-state index in [9.17, 15) is 0 Å². The van der Waals surface area contributed by atoms with Crippen LogP contribution in [0.3, 0.4) is 0 Å². The summed E-state index contributed by atoms with van der Waals surface area (Å²) < 4.78 is 4.21. The fourth-order valence-corrected chi connectivity index (χ4v) is 1.37. The van der Waals surface area contributed by atoms with E-state index >= 15 is 0 Å². The van der Waals surface area contributed by atoms with Gasteiger partial charge in [-0.25, -0.2) is 9.13 Å². The summed E-state index contributed by atoms with van der Waals surface area (Å²) in [5, 5.41) is 9.04. The number of hydrogen-bond acceptors (Lipinski definition) is 1. The van der Waals surface area contributed by atoms with Gasteiger partial charge in [-0.2, -0.15) is 0 Å². The Morgan fingerprint density at radius 2 is 2.23 bits per heavy atom. The Kier molecular flexibility index (Phi) is 3.96. The zero-order chi connectivity index (χ0) is 9.68. The highest BCUT2D eigenvalue weighted by molar-refractivity contribution is 4.65. The van der Waals surface area contributed by atoms with E-state index in [4.69, 9.17) is 5.11 Å². The SMILES string of the molecule is CC(O)CCCCn1cc[n+](C)c1. The Morgan fingerprint density at radius 3 is 2.77 bits per heavy atom. The van der Waals surface area contributed by atoms with Crippen LogP contribution in [0.4, 0.5) is 0 Å². The van der Waals surface area contributed by atoms with Gasteiger partial charge in [-0.15, -0.1) is 0 Å². The lowest BCUT2D eigenvalue weighted by molar-refractivity contribution is -0.671. The van der Waals surface area contributed by atoms with Crippen LogP contribution in [0.25, 0.3) is 0 Å². The minimum absolute atomic E-state index is 0.152. The highest BCUT2D eigenvalue weighted by Crippen LogP contribution is 2.01. The van der Waals surface area contributed by atoms with Gasteiger partial charge in [-0.05, 0) is 26.2 Å². The van der Waals surface area contributed by atoms with Crippen molar-refractivity contribution in [2.75, 3.05) is 0 Å². The topological polar surface area (TPSA) is 29.0 Å². The summed E-state index contributed by atoms with van der Waals surface area (Å²) in [6.45, 7) is 2.89. The molecular weight excluding hydrogens is 164 g/mol. The molecule has 13 heavy (non-hydrogen) atoms. The number of unbranched alkanes of at least 4 members (excludes halogenated alkanes) is 1. The molecule has 1 rings (SSSR count). The molecule has 0 saturated carbocycles. The van der Waals surface area contributed by atoms with Crippen LogP contribution in [-0.4, -0.2) is 15.8 Å². The van der Waals surface area contributed by atoms with E-state index in [-0.39, 0.29) is 6.10 Å². The summed E-state index contributed by atoms with van der Waals surface area (Å²) in [6, 6.07) is 0. The molecule has 1 unspecified atom stereocenters. The predicted molar refractivity (Wildman–Crippen MR) is 51.1 cm³/mol. The van der Waals surface area contributed by atoms with E-state index in [1.54, 1.807) is 0 Å². The van der Waals surface area contributed by atoms with E-state index in [1.165, 1.54) is 0 Å². The molecule has 0 aliphatic carbocycles. The van der Waals surface area contributed by atoms with Crippen LogP contribution in [-0.2, 0) is 13.6 Å². The minimum Gasteiger partial charge on any atom is -0.393 e. The number of aromatic nitrogens is 2. The van der Waals surface area contributed by atoms with E-state index in [0.717, 1.165) is 25.8 Å². The highest BCUT2D eigenvalue weighted by Gasteiger charge is 2.00. The second-order valence-corrected chi connectivity index (χ2v) is 3.66. The van der Waals surface area contributed by atoms with Crippen molar-refractivity contribution in [2.24, 2.45) is 7.05 Å². The van der Waals surface area contributed by atoms with Crippen LogP contribution in [0.1, 0.15) is 26.2 Å². The van der Waals surface area contributed by atoms with Gasteiger partial charge in [0, 0.05) is 0 Å². The molecule has 3 nitrogen and oxygen atoms in total. The standard InChI is InChI=1S/C10H19N2O/c1-10(13)5-3-4-6-12-8-7-11(2)9-12/h7-10,13H,3-6H2,1-2H3/q+1. The summed E-state index contributed by atoms with van der Waals surface area (Å²) in [6.07, 6.45) is 9.17. The predicted octanol–water partition coefficient (Wildman–Crippen LogP) is 0.864. The lowest BCUT2D eigenvalue weighted by atomic mass is 10.2. The van der Waals surface area contributed by atoms with Crippen molar-refractivity contribution in [2.45, 2.75) is 38.8 Å². The number of rotatable bonds is 5. The van der Waals surface area contributed by atoms with Gasteiger partial charge in [0.25, 0.3) is 0 Å². The third kappa shape index (κ3) is 4.08. The molecule has 0 aromatic carbocycles. The molecule has 0 radical (unpaired) electrons. The molecule has 1 N–H and O–H groups in total. The molecule has 0 aliphatic rings. The molecule has 1 aromatic heterocycles. The Labute approximate surface area is 79.6 Å². The Hall–Kier alpha value is -0.830. The molecule has 0 bridgehead atoms. The van der Waals surface area contributed by atoms with E-state index < -0.39 is 0 Å². The summed E-state index contributed by atoms with van der Waals surface area (Å²) in [7, 11) is 2.02. The van der Waals surface area contributed by atoms with E-state index in [1.807, 2.05) is 24.7 Å². The van der Waals surface area contributed by atoms with Crippen LogP contribution in [0.5, 0.6) is 0 Å². The summed E-state index contributed by atoms with van der Waals surface area (Å²) in [5.41, 5.74) is 0. The number of aliphatic hydroxyl groups is 1. The minimum atomic E-state index is -0.152. The number of hydrogen-bond donors (Lipinski definition) is 1. The fourth-order valence-electron chi connectivity index (χ4n) is 1.37. The molecule has 0 spiro atoms. The van der Waals surface area contributed by atoms with Gasteiger partial charge < -0.3 is 5.11 Å². The van der Waals surface area contributed by atoms with Gasteiger partial charge in [-0.3, -0.25) is 0 Å². The first kappa shape index (κ1) is 10.3. The molecular formula is C10H19N2O+. The zero-order valence-corrected chi connectivity index (χ0v) is 8.48. The second-order valence-electron chi connectivity index (χ2n) is 3.66. The van der Waals surface area contributed by atoms with Gasteiger partial charge >= 0.3 is 0 Å². The Balaban J connectivity index is 2.13. The van der Waals surface area contributed by atoms with Crippen LogP contribution >= 0.6 is 0 Å². The first-order chi connectivity index (χ1) is 6.18. The van der Waals surface area contributed by atoms with Gasteiger partial charge in [0.05, 0.1) is 19.7 Å². The highest BCUT2D eigenvalue weighted by atomic mass is 16.3. The maximum Gasteiger partial charge on any atom is 0.243 e. The Morgan fingerprint density at radius 1 is 1.46 bits per heavy atom. The molecule has 0 aliphatic heterocycles. The van der Waals surface area contributed by atoms with Crippen molar-refractivity contribution in [3.05, 3.63) is 18.7 Å². The maximum atomic E-state index is 9.04. The van der Waals surface area contributed by atoms with Crippen LogP contribution < -0.4 is 4.57 Å². The normalized spacial score (nSPS) is 13.2. The largest absolute Gasteiger partial charge is 0.393 e. The lowest BCUT2D eigenvalue weighted by Gasteiger charge is -2.01. The third-order valence-electron chi connectivity index (χ3n) is 2.11. The molecule has 74 valence electrons. The van der Waals surface area contributed by atoms with E-state index in [0.29, 0.717) is 0 Å². The van der Waals surface area contributed by atoms with Gasteiger partial charge in [0.15, 0.2) is 0 Å². The van der Waals surface area contributed by atoms with Crippen molar-refractivity contribution >= 4 is 0 Å². The van der Waals surface area contributed by atoms with Crippen molar-refractivity contribution in [3.63, 3.8) is 0 Å². The monoisotopic (exact) mass is 183 g/mol. The van der Waals surface area contributed by atoms with E-state index in [2.05, 4.69) is 17.1 Å². The molecule has 0 fully saturated rings. The number of imidazole rings is 1. The lowest BCUT2D eigenvalue weighted by Crippen LogP contribution is -2.23. The fraction of sp³-hybridized carbons (Fsp3) is 0.700. The average molecular weight is 183 g/mol.